The Morgan fingerprint density at radius 1 is 0.944 bits per heavy atom. The van der Waals surface area contributed by atoms with E-state index in [-0.39, 0.29) is 11.0 Å². The van der Waals surface area contributed by atoms with Crippen molar-refractivity contribution in [2.45, 2.75) is 32.4 Å². The molecule has 1 heterocycles. The Kier molecular flexibility index (Phi) is 9.17. The van der Waals surface area contributed by atoms with E-state index in [1.165, 1.54) is 31.9 Å². The van der Waals surface area contributed by atoms with Gasteiger partial charge in [-0.1, -0.05) is 42.3 Å². The number of benzene rings is 3. The summed E-state index contributed by atoms with van der Waals surface area (Å²) in [6, 6.07) is 20.6. The predicted octanol–water partition coefficient (Wildman–Crippen LogP) is 6.04. The lowest BCUT2D eigenvalue weighted by Crippen LogP contribution is -2.34. The molecule has 3 aromatic carbocycles. The highest BCUT2D eigenvalue weighted by Crippen LogP contribution is 2.29. The average molecular weight is 524 g/mol. The third-order valence-corrected chi connectivity index (χ3v) is 6.48. The molecule has 4 rings (SSSR count). The predicted molar refractivity (Wildman–Crippen MR) is 148 cm³/mol. The topological polar surface area (TPSA) is 62.8 Å². The Balaban J connectivity index is 1.30. The van der Waals surface area contributed by atoms with Gasteiger partial charge in [-0.3, -0.25) is 15.0 Å². The Labute approximate surface area is 222 Å². The minimum atomic E-state index is -0.336. The minimum absolute atomic E-state index is 0.228. The van der Waals surface area contributed by atoms with Crippen molar-refractivity contribution >= 4 is 40.5 Å². The molecule has 0 spiro atoms. The first-order valence-electron chi connectivity index (χ1n) is 12.0. The Hall–Kier alpha value is -3.13. The molecule has 1 amide bonds. The van der Waals surface area contributed by atoms with E-state index in [1.54, 1.807) is 18.2 Å². The van der Waals surface area contributed by atoms with Gasteiger partial charge in [0.05, 0.1) is 7.11 Å². The number of methoxy groups -OCH3 is 1. The van der Waals surface area contributed by atoms with E-state index in [4.69, 9.17) is 33.3 Å². The van der Waals surface area contributed by atoms with Gasteiger partial charge in [0.2, 0.25) is 0 Å². The van der Waals surface area contributed by atoms with Gasteiger partial charge in [-0.25, -0.2) is 0 Å². The number of nitrogens with zero attached hydrogens (tertiary/aromatic N) is 1. The van der Waals surface area contributed by atoms with Gasteiger partial charge in [-0.05, 0) is 91.7 Å². The number of thiocarbonyl (C=S) groups is 1. The van der Waals surface area contributed by atoms with Gasteiger partial charge >= 0.3 is 0 Å². The number of halogens is 1. The number of hydrogen-bond acceptors (Lipinski definition) is 5. The van der Waals surface area contributed by atoms with E-state index in [0.717, 1.165) is 30.9 Å². The van der Waals surface area contributed by atoms with Gasteiger partial charge in [-0.15, -0.1) is 0 Å². The molecule has 0 atom stereocenters. The van der Waals surface area contributed by atoms with Crippen LogP contribution in [0.2, 0.25) is 5.02 Å². The zero-order chi connectivity index (χ0) is 25.3. The number of nitrogens with one attached hydrogen (secondary N) is 2. The summed E-state index contributed by atoms with van der Waals surface area (Å²) in [4.78, 5) is 15.2. The van der Waals surface area contributed by atoms with Crippen LogP contribution in [0.4, 0.5) is 5.69 Å². The molecule has 2 N–H and O–H groups in total. The molecule has 0 saturated carbocycles. The number of carbonyl (C=O) groups is 1. The SMILES string of the molecule is COc1cc(C(=O)NC(=S)Nc2ccc(CN3CCCCC3)cc2)ccc1OCc1ccc(Cl)cc1. The largest absolute Gasteiger partial charge is 0.493 e. The van der Waals surface area contributed by atoms with E-state index in [0.29, 0.717) is 28.7 Å². The normalized spacial score (nSPS) is 13.6. The van der Waals surface area contributed by atoms with Gasteiger partial charge in [0, 0.05) is 22.8 Å². The quantitative estimate of drug-likeness (QED) is 0.351. The third kappa shape index (κ3) is 7.43. The van der Waals surface area contributed by atoms with Crippen LogP contribution in [0.5, 0.6) is 11.5 Å². The highest BCUT2D eigenvalue weighted by atomic mass is 35.5. The Morgan fingerprint density at radius 2 is 1.64 bits per heavy atom. The summed E-state index contributed by atoms with van der Waals surface area (Å²) >= 11 is 11.3. The maximum Gasteiger partial charge on any atom is 0.257 e. The molecule has 8 heteroatoms. The third-order valence-electron chi connectivity index (χ3n) is 6.03. The second-order valence-corrected chi connectivity index (χ2v) is 9.57. The zero-order valence-electron chi connectivity index (χ0n) is 20.3. The Morgan fingerprint density at radius 3 is 2.33 bits per heavy atom. The molecular formula is C28H30ClN3O3S. The van der Waals surface area contributed by atoms with Crippen LogP contribution >= 0.6 is 23.8 Å². The summed E-state index contributed by atoms with van der Waals surface area (Å²) in [5, 5.41) is 6.70. The average Bonchev–Trinajstić information content (AvgIpc) is 2.90. The van der Waals surface area contributed by atoms with Crippen LogP contribution in [0.25, 0.3) is 0 Å². The molecule has 1 aliphatic rings. The van der Waals surface area contributed by atoms with Crippen molar-refractivity contribution in [2.24, 2.45) is 0 Å². The fourth-order valence-corrected chi connectivity index (χ4v) is 4.41. The fraction of sp³-hybridized carbons (Fsp3) is 0.286. The molecule has 0 aromatic heterocycles. The maximum absolute atomic E-state index is 12.8. The van der Waals surface area contributed by atoms with Gasteiger partial charge in [0.25, 0.3) is 5.91 Å². The van der Waals surface area contributed by atoms with Gasteiger partial charge in [0.15, 0.2) is 16.6 Å². The summed E-state index contributed by atoms with van der Waals surface area (Å²) in [6.45, 7) is 3.64. The summed E-state index contributed by atoms with van der Waals surface area (Å²) in [6.07, 6.45) is 3.88. The van der Waals surface area contributed by atoms with Crippen LogP contribution in [-0.2, 0) is 13.2 Å². The van der Waals surface area contributed by atoms with Crippen molar-refractivity contribution < 1.29 is 14.3 Å². The van der Waals surface area contributed by atoms with Crippen LogP contribution < -0.4 is 20.1 Å². The fourth-order valence-electron chi connectivity index (χ4n) is 4.08. The summed E-state index contributed by atoms with van der Waals surface area (Å²) < 4.78 is 11.3. The molecule has 0 bridgehead atoms. The lowest BCUT2D eigenvalue weighted by atomic mass is 10.1. The highest BCUT2D eigenvalue weighted by Gasteiger charge is 2.14. The minimum Gasteiger partial charge on any atom is -0.493 e. The molecule has 1 aliphatic heterocycles. The van der Waals surface area contributed by atoms with E-state index in [1.807, 2.05) is 36.4 Å². The van der Waals surface area contributed by atoms with Gasteiger partial charge < -0.3 is 14.8 Å². The molecule has 188 valence electrons. The number of carbonyl (C=O) groups excluding carboxylic acids is 1. The number of hydrogen-bond donors (Lipinski definition) is 2. The molecule has 1 saturated heterocycles. The first-order chi connectivity index (χ1) is 17.5. The molecule has 36 heavy (non-hydrogen) atoms. The van der Waals surface area contributed by atoms with E-state index >= 15 is 0 Å². The first kappa shape index (κ1) is 25.9. The number of rotatable bonds is 8. The number of amides is 1. The second kappa shape index (κ2) is 12.7. The molecule has 6 nitrogen and oxygen atoms in total. The lowest BCUT2D eigenvalue weighted by Gasteiger charge is -2.26. The number of likely N-dealkylation sites (tertiary alicyclic amines) is 1. The molecule has 0 unspecified atom stereocenters. The van der Waals surface area contributed by atoms with E-state index in [9.17, 15) is 4.79 Å². The maximum atomic E-state index is 12.8. The second-order valence-electron chi connectivity index (χ2n) is 8.72. The van der Waals surface area contributed by atoms with E-state index in [2.05, 4.69) is 27.7 Å². The molecule has 1 fully saturated rings. The van der Waals surface area contributed by atoms with Crippen molar-refractivity contribution in [3.8, 4) is 11.5 Å². The standard InChI is InChI=1S/C28H30ClN3O3S/c1-34-26-17-22(9-14-25(26)35-19-21-5-10-23(29)11-6-21)27(33)31-28(36)30-24-12-7-20(8-13-24)18-32-15-3-2-4-16-32/h5-14,17H,2-4,15-16,18-19H2,1H3,(H2,30,31,33,36). The first-order valence-corrected chi connectivity index (χ1v) is 12.8. The molecular weight excluding hydrogens is 494 g/mol. The van der Waals surface area contributed by atoms with Crippen molar-refractivity contribution in [3.05, 3.63) is 88.4 Å². The smallest absolute Gasteiger partial charge is 0.257 e. The summed E-state index contributed by atoms with van der Waals surface area (Å²) in [7, 11) is 1.54. The highest BCUT2D eigenvalue weighted by molar-refractivity contribution is 7.80. The van der Waals surface area contributed by atoms with Crippen molar-refractivity contribution in [3.63, 3.8) is 0 Å². The van der Waals surface area contributed by atoms with Crippen molar-refractivity contribution in [1.29, 1.82) is 0 Å². The Bertz CT molecular complexity index is 1180. The molecule has 3 aromatic rings. The summed E-state index contributed by atoms with van der Waals surface area (Å²) in [5.74, 6) is 0.658. The van der Waals surface area contributed by atoms with Crippen LogP contribution in [0.3, 0.4) is 0 Å². The number of piperidine rings is 1. The van der Waals surface area contributed by atoms with E-state index < -0.39 is 0 Å². The summed E-state index contributed by atoms with van der Waals surface area (Å²) in [5.41, 5.74) is 3.47. The van der Waals surface area contributed by atoms with Crippen LogP contribution in [0.1, 0.15) is 40.7 Å². The van der Waals surface area contributed by atoms with Gasteiger partial charge in [0.1, 0.15) is 6.61 Å². The number of ether oxygens (including phenoxy) is 2. The zero-order valence-corrected chi connectivity index (χ0v) is 21.8. The monoisotopic (exact) mass is 523 g/mol. The van der Waals surface area contributed by atoms with Crippen molar-refractivity contribution in [2.75, 3.05) is 25.5 Å². The van der Waals surface area contributed by atoms with Crippen LogP contribution in [0, 0.1) is 0 Å². The van der Waals surface area contributed by atoms with Crippen molar-refractivity contribution in [1.82, 2.24) is 10.2 Å². The lowest BCUT2D eigenvalue weighted by molar-refractivity contribution is 0.0977. The molecule has 0 aliphatic carbocycles. The van der Waals surface area contributed by atoms with Crippen LogP contribution in [-0.4, -0.2) is 36.1 Å². The molecule has 0 radical (unpaired) electrons. The number of anilines is 1. The van der Waals surface area contributed by atoms with Gasteiger partial charge in [-0.2, -0.15) is 0 Å². The van der Waals surface area contributed by atoms with Crippen LogP contribution in [0.15, 0.2) is 66.7 Å².